The molecule has 4 nitrogen and oxygen atoms in total. The van der Waals surface area contributed by atoms with Gasteiger partial charge in [-0.1, -0.05) is 32.6 Å². The highest BCUT2D eigenvalue weighted by atomic mass is 16.1. The fourth-order valence-electron chi connectivity index (χ4n) is 3.09. The first-order chi connectivity index (χ1) is 9.05. The van der Waals surface area contributed by atoms with Crippen molar-refractivity contribution in [2.45, 2.75) is 57.4 Å². The van der Waals surface area contributed by atoms with Gasteiger partial charge in [0.15, 0.2) is 0 Å². The molecular formula is C15H31N3O. The molecule has 3 N–H and O–H groups in total. The number of nitrogens with one attached hydrogen (secondary N) is 1. The van der Waals surface area contributed by atoms with Crippen molar-refractivity contribution in [2.24, 2.45) is 11.7 Å². The van der Waals surface area contributed by atoms with Gasteiger partial charge >= 0.3 is 0 Å². The Bertz CT molecular complexity index is 273. The van der Waals surface area contributed by atoms with E-state index in [9.17, 15) is 4.79 Å². The average Bonchev–Trinajstić information content (AvgIpc) is 2.43. The Labute approximate surface area is 118 Å². The number of nitrogens with zero attached hydrogens (tertiary/aromatic N) is 1. The number of likely N-dealkylation sites (N-methyl/N-ethyl adjacent to an activating group) is 1. The molecule has 0 aromatic carbocycles. The second kappa shape index (κ2) is 7.85. The Kier molecular flexibility index (Phi) is 6.80. The molecule has 0 aromatic heterocycles. The lowest BCUT2D eigenvalue weighted by Crippen LogP contribution is -2.54. The highest BCUT2D eigenvalue weighted by molar-refractivity contribution is 5.78. The summed E-state index contributed by atoms with van der Waals surface area (Å²) in [6.45, 7) is 3.31. The molecule has 1 unspecified atom stereocenters. The number of hydrogen-bond donors (Lipinski definition) is 2. The normalized spacial score (nSPS) is 20.3. The lowest BCUT2D eigenvalue weighted by Gasteiger charge is -2.43. The first-order valence-electron chi connectivity index (χ1n) is 7.71. The largest absolute Gasteiger partial charge is 0.354 e. The molecule has 1 aliphatic rings. The predicted molar refractivity (Wildman–Crippen MR) is 80.0 cm³/mol. The van der Waals surface area contributed by atoms with Crippen LogP contribution in [0.5, 0.6) is 0 Å². The van der Waals surface area contributed by atoms with Crippen molar-refractivity contribution < 1.29 is 4.79 Å². The third kappa shape index (κ3) is 4.46. The summed E-state index contributed by atoms with van der Waals surface area (Å²) in [6.07, 6.45) is 8.12. The maximum Gasteiger partial charge on any atom is 0.224 e. The van der Waals surface area contributed by atoms with Gasteiger partial charge in [-0.3, -0.25) is 4.79 Å². The van der Waals surface area contributed by atoms with Crippen LogP contribution in [0.4, 0.5) is 0 Å². The van der Waals surface area contributed by atoms with Gasteiger partial charge in [-0.2, -0.15) is 0 Å². The molecular weight excluding hydrogens is 238 g/mol. The SMILES string of the molecule is CCCC(CN)C(=O)NCC1(N(C)C)CCCCC1. The quantitative estimate of drug-likeness (QED) is 0.740. The molecule has 4 heteroatoms. The molecule has 0 bridgehead atoms. The minimum Gasteiger partial charge on any atom is -0.354 e. The molecule has 0 aliphatic heterocycles. The number of hydrogen-bond acceptors (Lipinski definition) is 3. The van der Waals surface area contributed by atoms with Crippen LogP contribution < -0.4 is 11.1 Å². The zero-order valence-corrected chi connectivity index (χ0v) is 12.9. The van der Waals surface area contributed by atoms with Crippen molar-refractivity contribution in [2.75, 3.05) is 27.2 Å². The van der Waals surface area contributed by atoms with E-state index in [1.54, 1.807) is 0 Å². The van der Waals surface area contributed by atoms with Crippen molar-refractivity contribution in [3.05, 3.63) is 0 Å². The van der Waals surface area contributed by atoms with E-state index in [2.05, 4.69) is 31.2 Å². The van der Waals surface area contributed by atoms with Gasteiger partial charge in [0.2, 0.25) is 5.91 Å². The first-order valence-corrected chi connectivity index (χ1v) is 7.71. The van der Waals surface area contributed by atoms with Gasteiger partial charge < -0.3 is 16.0 Å². The number of carbonyl (C=O) groups excluding carboxylic acids is 1. The molecule has 1 aliphatic carbocycles. The molecule has 1 amide bonds. The molecule has 0 saturated heterocycles. The van der Waals surface area contributed by atoms with Crippen molar-refractivity contribution in [1.82, 2.24) is 10.2 Å². The third-order valence-electron chi connectivity index (χ3n) is 4.62. The number of nitrogens with two attached hydrogens (primary N) is 1. The van der Waals surface area contributed by atoms with E-state index in [1.165, 1.54) is 32.1 Å². The summed E-state index contributed by atoms with van der Waals surface area (Å²) in [5.74, 6) is 0.115. The Hall–Kier alpha value is -0.610. The van der Waals surface area contributed by atoms with E-state index in [0.717, 1.165) is 19.4 Å². The van der Waals surface area contributed by atoms with Gasteiger partial charge in [0.1, 0.15) is 0 Å². The molecule has 19 heavy (non-hydrogen) atoms. The monoisotopic (exact) mass is 269 g/mol. The van der Waals surface area contributed by atoms with Crippen LogP contribution in [0.1, 0.15) is 51.9 Å². The highest BCUT2D eigenvalue weighted by Crippen LogP contribution is 2.31. The van der Waals surface area contributed by atoms with Crippen LogP contribution in [0.2, 0.25) is 0 Å². The van der Waals surface area contributed by atoms with Crippen LogP contribution in [0.25, 0.3) is 0 Å². The molecule has 1 saturated carbocycles. The van der Waals surface area contributed by atoms with Gasteiger partial charge in [-0.05, 0) is 33.4 Å². The summed E-state index contributed by atoms with van der Waals surface area (Å²) < 4.78 is 0. The summed E-state index contributed by atoms with van der Waals surface area (Å²) >= 11 is 0. The van der Waals surface area contributed by atoms with E-state index < -0.39 is 0 Å². The standard InChI is InChI=1S/C15H31N3O/c1-4-8-13(11-16)14(19)17-12-15(18(2)3)9-6-5-7-10-15/h13H,4-12,16H2,1-3H3,(H,17,19). The molecule has 1 atom stereocenters. The summed E-state index contributed by atoms with van der Waals surface area (Å²) in [7, 11) is 4.26. The maximum atomic E-state index is 12.2. The van der Waals surface area contributed by atoms with Crippen molar-refractivity contribution in [3.8, 4) is 0 Å². The summed E-state index contributed by atoms with van der Waals surface area (Å²) in [4.78, 5) is 14.5. The van der Waals surface area contributed by atoms with Crippen molar-refractivity contribution >= 4 is 5.91 Å². The van der Waals surface area contributed by atoms with Crippen LogP contribution in [0, 0.1) is 5.92 Å². The van der Waals surface area contributed by atoms with Gasteiger partial charge in [0, 0.05) is 18.6 Å². The second-order valence-corrected chi connectivity index (χ2v) is 6.12. The number of rotatable bonds is 7. The second-order valence-electron chi connectivity index (χ2n) is 6.12. The summed E-state index contributed by atoms with van der Waals surface area (Å²) in [5, 5.41) is 3.15. The molecule has 1 rings (SSSR count). The van der Waals surface area contributed by atoms with Crippen LogP contribution >= 0.6 is 0 Å². The first kappa shape index (κ1) is 16.4. The Balaban J connectivity index is 2.54. The van der Waals surface area contributed by atoms with E-state index >= 15 is 0 Å². The smallest absolute Gasteiger partial charge is 0.224 e. The summed E-state index contributed by atoms with van der Waals surface area (Å²) in [5.41, 5.74) is 5.84. The Morgan fingerprint density at radius 3 is 2.42 bits per heavy atom. The topological polar surface area (TPSA) is 58.4 Å². The van der Waals surface area contributed by atoms with Crippen molar-refractivity contribution in [1.29, 1.82) is 0 Å². The van der Waals surface area contributed by atoms with E-state index in [0.29, 0.717) is 6.54 Å². The van der Waals surface area contributed by atoms with Gasteiger partial charge in [-0.25, -0.2) is 0 Å². The van der Waals surface area contributed by atoms with Crippen molar-refractivity contribution in [3.63, 3.8) is 0 Å². The molecule has 112 valence electrons. The molecule has 0 aromatic rings. The fourth-order valence-corrected chi connectivity index (χ4v) is 3.09. The zero-order chi connectivity index (χ0) is 14.3. The lowest BCUT2D eigenvalue weighted by atomic mass is 9.80. The van der Waals surface area contributed by atoms with Gasteiger partial charge in [0.25, 0.3) is 0 Å². The summed E-state index contributed by atoms with van der Waals surface area (Å²) in [6, 6.07) is 0. The molecule has 0 radical (unpaired) electrons. The maximum absolute atomic E-state index is 12.2. The highest BCUT2D eigenvalue weighted by Gasteiger charge is 2.34. The van der Waals surface area contributed by atoms with E-state index in [1.807, 2.05) is 0 Å². The third-order valence-corrected chi connectivity index (χ3v) is 4.62. The minimum atomic E-state index is -0.0206. The Morgan fingerprint density at radius 2 is 1.95 bits per heavy atom. The average molecular weight is 269 g/mol. The zero-order valence-electron chi connectivity index (χ0n) is 12.9. The van der Waals surface area contributed by atoms with E-state index in [4.69, 9.17) is 5.73 Å². The number of carbonyl (C=O) groups is 1. The minimum absolute atomic E-state index is 0.0206. The van der Waals surface area contributed by atoms with Crippen LogP contribution in [0.15, 0.2) is 0 Å². The van der Waals surface area contributed by atoms with Crippen LogP contribution in [-0.4, -0.2) is 43.5 Å². The van der Waals surface area contributed by atoms with E-state index in [-0.39, 0.29) is 17.4 Å². The van der Waals surface area contributed by atoms with Crippen LogP contribution in [-0.2, 0) is 4.79 Å². The fraction of sp³-hybridized carbons (Fsp3) is 0.933. The van der Waals surface area contributed by atoms with Gasteiger partial charge in [0.05, 0.1) is 5.92 Å². The lowest BCUT2D eigenvalue weighted by molar-refractivity contribution is -0.125. The van der Waals surface area contributed by atoms with Gasteiger partial charge in [-0.15, -0.1) is 0 Å². The van der Waals surface area contributed by atoms with Crippen LogP contribution in [0.3, 0.4) is 0 Å². The number of amides is 1. The predicted octanol–water partition coefficient (Wildman–Crippen LogP) is 1.74. The molecule has 0 spiro atoms. The Morgan fingerprint density at radius 1 is 1.32 bits per heavy atom. The molecule has 1 fully saturated rings. The molecule has 0 heterocycles.